The predicted molar refractivity (Wildman–Crippen MR) is 50.3 cm³/mol. The summed E-state index contributed by atoms with van der Waals surface area (Å²) in [5, 5.41) is 8.40. The third-order valence-electron chi connectivity index (χ3n) is 1.31. The van der Waals surface area contributed by atoms with Crippen LogP contribution in [0.5, 0.6) is 0 Å². The second-order valence-corrected chi connectivity index (χ2v) is 4.10. The summed E-state index contributed by atoms with van der Waals surface area (Å²) in [6, 6.07) is 0. The fourth-order valence-electron chi connectivity index (χ4n) is 0.614. The molecule has 0 bridgehead atoms. The van der Waals surface area contributed by atoms with Crippen LogP contribution in [0.3, 0.4) is 0 Å². The summed E-state index contributed by atoms with van der Waals surface area (Å²) in [7, 11) is -1.79. The van der Waals surface area contributed by atoms with Crippen molar-refractivity contribution in [1.29, 1.82) is 0 Å². The van der Waals surface area contributed by atoms with Gasteiger partial charge in [0.05, 0.1) is 6.42 Å². The van der Waals surface area contributed by atoms with Crippen molar-refractivity contribution < 1.29 is 24.0 Å². The van der Waals surface area contributed by atoms with Crippen LogP contribution in [0.2, 0.25) is 0 Å². The molecule has 5 nitrogen and oxygen atoms in total. The van der Waals surface area contributed by atoms with Crippen LogP contribution in [0.4, 0.5) is 0 Å². The number of esters is 1. The summed E-state index contributed by atoms with van der Waals surface area (Å²) >= 11 is 0. The topological polar surface area (TPSA) is 80.7 Å². The van der Waals surface area contributed by atoms with Crippen LogP contribution in [0.15, 0.2) is 12.7 Å². The molecule has 6 heteroatoms. The zero-order chi connectivity index (χ0) is 11.0. The van der Waals surface area contributed by atoms with Crippen molar-refractivity contribution in [3.05, 3.63) is 12.7 Å². The molecule has 0 aliphatic heterocycles. The first kappa shape index (κ1) is 12.9. The first-order chi connectivity index (χ1) is 6.61. The minimum Gasteiger partial charge on any atom is -0.456 e. The highest BCUT2D eigenvalue weighted by atomic mass is 31.1. The number of carbonyl (C=O) groups excluding carboxylic acids is 2. The Kier molecular flexibility index (Phi) is 6.80. The largest absolute Gasteiger partial charge is 0.456 e. The Hall–Kier alpha value is -1.06. The van der Waals surface area contributed by atoms with E-state index < -0.39 is 25.9 Å². The molecule has 0 aliphatic carbocycles. The number of Topliss-reactive ketones (excluding diaryl/α,β-unsaturated/α-hetero) is 1. The number of ketones is 1. The molecule has 0 aliphatic rings. The molecule has 1 N–H and O–H groups in total. The normalized spacial score (nSPS) is 10.5. The molecule has 0 rings (SSSR count). The van der Waals surface area contributed by atoms with Crippen LogP contribution < -0.4 is 0 Å². The van der Waals surface area contributed by atoms with Gasteiger partial charge in [0.25, 0.3) is 0 Å². The van der Waals surface area contributed by atoms with Crippen molar-refractivity contribution in [3.8, 4) is 0 Å². The number of carbonyl (C=O) groups is 2. The molecule has 14 heavy (non-hydrogen) atoms. The number of aliphatic hydroxyl groups is 1. The van der Waals surface area contributed by atoms with Gasteiger partial charge in [0.2, 0.25) is 12.1 Å². The number of rotatable bonds is 7. The van der Waals surface area contributed by atoms with Crippen molar-refractivity contribution in [2.75, 3.05) is 19.1 Å². The highest BCUT2D eigenvalue weighted by molar-refractivity contribution is 7.44. The van der Waals surface area contributed by atoms with Crippen LogP contribution in [0.25, 0.3) is 0 Å². The van der Waals surface area contributed by atoms with E-state index in [0.29, 0.717) is 0 Å². The van der Waals surface area contributed by atoms with Gasteiger partial charge in [-0.1, -0.05) is 17.2 Å². The highest BCUT2D eigenvalue weighted by Crippen LogP contribution is 2.18. The molecule has 0 fully saturated rings. The molecule has 0 spiro atoms. The van der Waals surface area contributed by atoms with Gasteiger partial charge in [-0.3, -0.25) is 4.79 Å². The Morgan fingerprint density at radius 2 is 2.14 bits per heavy atom. The van der Waals surface area contributed by atoms with Crippen LogP contribution >= 0.6 is 7.80 Å². The fraction of sp³-hybridized carbons (Fsp3) is 0.500. The van der Waals surface area contributed by atoms with Gasteiger partial charge < -0.3 is 9.84 Å². The Balaban J connectivity index is 3.78. The molecule has 0 radical (unpaired) electrons. The van der Waals surface area contributed by atoms with E-state index in [4.69, 9.17) is 5.11 Å². The first-order valence-electron chi connectivity index (χ1n) is 3.95. The fourth-order valence-corrected chi connectivity index (χ4v) is 1.21. The Bertz CT molecular complexity index is 248. The van der Waals surface area contributed by atoms with E-state index in [0.717, 1.165) is 0 Å². The van der Waals surface area contributed by atoms with Crippen molar-refractivity contribution >= 4 is 19.6 Å². The maximum atomic E-state index is 11.0. The number of ether oxygens (including phenoxy) is 1. The zero-order valence-corrected chi connectivity index (χ0v) is 8.53. The van der Waals surface area contributed by atoms with E-state index in [2.05, 4.69) is 11.3 Å². The third-order valence-corrected chi connectivity index (χ3v) is 2.34. The Morgan fingerprint density at radius 1 is 1.50 bits per heavy atom. The lowest BCUT2D eigenvalue weighted by molar-refractivity contribution is -0.152. The molecular formula is C8H12O5P+. The van der Waals surface area contributed by atoms with Gasteiger partial charge in [-0.25, -0.2) is 4.79 Å². The first-order valence-corrected chi connectivity index (χ1v) is 5.58. The molecule has 0 amide bonds. The molecule has 0 heterocycles. The molecular weight excluding hydrogens is 207 g/mol. The summed E-state index contributed by atoms with van der Waals surface area (Å²) in [6.45, 7) is 3.29. The van der Waals surface area contributed by atoms with Crippen molar-refractivity contribution in [2.24, 2.45) is 0 Å². The molecule has 0 aromatic rings. The maximum Gasteiger partial charge on any atom is 0.375 e. The van der Waals surface area contributed by atoms with Crippen molar-refractivity contribution in [3.63, 3.8) is 0 Å². The Labute approximate surface area is 82.5 Å². The van der Waals surface area contributed by atoms with Crippen molar-refractivity contribution in [2.45, 2.75) is 6.42 Å². The monoisotopic (exact) mass is 219 g/mol. The molecule has 0 aromatic carbocycles. The van der Waals surface area contributed by atoms with Gasteiger partial charge >= 0.3 is 13.8 Å². The van der Waals surface area contributed by atoms with Crippen LogP contribution in [-0.4, -0.2) is 36.0 Å². The number of aliphatic hydroxyl groups excluding tert-OH is 1. The zero-order valence-electron chi connectivity index (χ0n) is 7.64. The molecule has 0 aromatic heterocycles. The lowest BCUT2D eigenvalue weighted by Gasteiger charge is -1.97. The summed E-state index contributed by atoms with van der Waals surface area (Å²) < 4.78 is 15.2. The van der Waals surface area contributed by atoms with Crippen LogP contribution in [0.1, 0.15) is 6.42 Å². The van der Waals surface area contributed by atoms with E-state index in [9.17, 15) is 14.2 Å². The standard InChI is InChI=1S/C8H12O5P/c1-2-4-13-8(11)7(10)3-5-14(12)6-9/h2,9H,1,3-6H2/q+1. The smallest absolute Gasteiger partial charge is 0.375 e. The highest BCUT2D eigenvalue weighted by Gasteiger charge is 2.21. The molecule has 0 saturated carbocycles. The van der Waals surface area contributed by atoms with E-state index in [1.807, 2.05) is 0 Å². The molecule has 78 valence electrons. The number of hydrogen-bond donors (Lipinski definition) is 1. The summed E-state index contributed by atoms with van der Waals surface area (Å²) in [5.74, 6) is -1.69. The van der Waals surface area contributed by atoms with Gasteiger partial charge in [0.1, 0.15) is 6.61 Å². The van der Waals surface area contributed by atoms with Gasteiger partial charge in [-0.15, -0.1) is 0 Å². The lowest BCUT2D eigenvalue weighted by Crippen LogP contribution is -2.17. The average Bonchev–Trinajstić information content (AvgIpc) is 2.21. The SMILES string of the molecule is C=CCOC(=O)C(=O)CC[P+](=O)CO. The van der Waals surface area contributed by atoms with Gasteiger partial charge in [-0.05, 0) is 0 Å². The van der Waals surface area contributed by atoms with Gasteiger partial charge in [0, 0.05) is 0 Å². The molecule has 0 saturated heterocycles. The second-order valence-electron chi connectivity index (χ2n) is 2.41. The summed E-state index contributed by atoms with van der Waals surface area (Å²) in [5.41, 5.74) is 0. The Morgan fingerprint density at radius 3 is 2.64 bits per heavy atom. The third kappa shape index (κ3) is 5.56. The second kappa shape index (κ2) is 7.35. The lowest BCUT2D eigenvalue weighted by atomic mass is 10.3. The summed E-state index contributed by atoms with van der Waals surface area (Å²) in [4.78, 5) is 21.8. The average molecular weight is 219 g/mol. The molecule has 1 atom stereocenters. The van der Waals surface area contributed by atoms with Crippen molar-refractivity contribution in [1.82, 2.24) is 0 Å². The van der Waals surface area contributed by atoms with E-state index >= 15 is 0 Å². The van der Waals surface area contributed by atoms with Crippen LogP contribution in [-0.2, 0) is 18.9 Å². The van der Waals surface area contributed by atoms with Gasteiger partial charge in [-0.2, -0.15) is 0 Å². The molecule has 1 unspecified atom stereocenters. The maximum absolute atomic E-state index is 11.0. The van der Waals surface area contributed by atoms with E-state index in [1.165, 1.54) is 6.08 Å². The minimum atomic E-state index is -1.79. The van der Waals surface area contributed by atoms with Crippen LogP contribution in [0, 0.1) is 0 Å². The van der Waals surface area contributed by atoms with E-state index in [1.54, 1.807) is 0 Å². The quantitative estimate of drug-likeness (QED) is 0.291. The van der Waals surface area contributed by atoms with E-state index in [-0.39, 0.29) is 19.2 Å². The number of hydrogen-bond acceptors (Lipinski definition) is 5. The predicted octanol–water partition coefficient (Wildman–Crippen LogP) is 0.452. The minimum absolute atomic E-state index is 0.00779. The summed E-state index contributed by atoms with van der Waals surface area (Å²) in [6.07, 6.45) is 0.725. The van der Waals surface area contributed by atoms with Gasteiger partial charge in [0.15, 0.2) is 6.16 Å².